The Bertz CT molecular complexity index is 796. The van der Waals surface area contributed by atoms with E-state index in [0.29, 0.717) is 17.0 Å². The minimum Gasteiger partial charge on any atom is -0.359 e. The molecule has 0 spiro atoms. The van der Waals surface area contributed by atoms with Crippen LogP contribution in [0.25, 0.3) is 11.1 Å². The fraction of sp³-hybridized carbons (Fsp3) is 0.333. The molecule has 0 fully saturated rings. The van der Waals surface area contributed by atoms with Gasteiger partial charge in [-0.1, -0.05) is 35.9 Å². The van der Waals surface area contributed by atoms with E-state index in [-0.39, 0.29) is 31.8 Å². The Morgan fingerprint density at radius 1 is 1.10 bits per heavy atom. The lowest BCUT2D eigenvalue weighted by Gasteiger charge is -2.28. The highest BCUT2D eigenvalue weighted by Crippen LogP contribution is 2.22. The van der Waals surface area contributed by atoms with E-state index >= 15 is 0 Å². The zero-order valence-corrected chi connectivity index (χ0v) is 17.2. The Balaban J connectivity index is 2.09. The predicted octanol–water partition coefficient (Wildman–Crippen LogP) is 3.35. The average molecular weight is 421 g/mol. The zero-order valence-electron chi connectivity index (χ0n) is 16.4. The second-order valence-corrected chi connectivity index (χ2v) is 6.94. The van der Waals surface area contributed by atoms with Crippen molar-refractivity contribution in [3.05, 3.63) is 59.1 Å². The van der Waals surface area contributed by atoms with Gasteiger partial charge in [0.2, 0.25) is 5.91 Å². The van der Waals surface area contributed by atoms with Gasteiger partial charge >= 0.3 is 0 Å². The summed E-state index contributed by atoms with van der Waals surface area (Å²) in [6, 6.07) is 14.4. The van der Waals surface area contributed by atoms with Gasteiger partial charge in [0.25, 0.3) is 5.91 Å². The summed E-state index contributed by atoms with van der Waals surface area (Å²) in [6.45, 7) is 0.290. The summed E-state index contributed by atoms with van der Waals surface area (Å²) in [5, 5.41) is 9.35. The molecule has 0 aliphatic heterocycles. The van der Waals surface area contributed by atoms with Crippen molar-refractivity contribution >= 4 is 23.4 Å². The molecule has 2 N–H and O–H groups in total. The normalized spacial score (nSPS) is 11.7. The number of methoxy groups -OCH3 is 1. The number of amides is 2. The number of nitrogens with one attached hydrogen (secondary N) is 1. The predicted molar refractivity (Wildman–Crippen MR) is 110 cm³/mol. The van der Waals surface area contributed by atoms with Crippen molar-refractivity contribution in [2.24, 2.45) is 0 Å². The molecule has 0 radical (unpaired) electrons. The Morgan fingerprint density at radius 3 is 2.24 bits per heavy atom. The number of carbonyl (C=O) groups excluding carboxylic acids is 2. The first-order valence-corrected chi connectivity index (χ1v) is 9.46. The third-order valence-electron chi connectivity index (χ3n) is 4.52. The third-order valence-corrected chi connectivity index (χ3v) is 4.77. The Morgan fingerprint density at radius 2 is 1.69 bits per heavy atom. The zero-order chi connectivity index (χ0) is 21.2. The van der Waals surface area contributed by atoms with Crippen LogP contribution in [0.1, 0.15) is 23.2 Å². The minimum absolute atomic E-state index is 0.0602. The van der Waals surface area contributed by atoms with Crippen molar-refractivity contribution in [1.29, 1.82) is 0 Å². The van der Waals surface area contributed by atoms with Gasteiger partial charge in [0, 0.05) is 31.2 Å². The van der Waals surface area contributed by atoms with Gasteiger partial charge in [-0.2, -0.15) is 0 Å². The standard InChI is InChI=1S/C21H25ClN2O5/c1-24(19(13-29-14-28-2)11-12-20(25)23-27)21(26)17-5-3-15(4-6-17)16-7-9-18(22)10-8-16/h3-10,19,27H,11-14H2,1-2H3,(H,23,25)/t19-/m0/s1. The maximum atomic E-state index is 12.9. The molecule has 2 aromatic carbocycles. The van der Waals surface area contributed by atoms with Crippen LogP contribution >= 0.6 is 11.6 Å². The van der Waals surface area contributed by atoms with Crippen LogP contribution in [0.2, 0.25) is 5.02 Å². The van der Waals surface area contributed by atoms with E-state index in [0.717, 1.165) is 11.1 Å². The summed E-state index contributed by atoms with van der Waals surface area (Å²) >= 11 is 5.92. The molecule has 156 valence electrons. The first-order valence-electron chi connectivity index (χ1n) is 9.09. The Kier molecular flexibility index (Phi) is 9.08. The fourth-order valence-corrected chi connectivity index (χ4v) is 2.95. The summed E-state index contributed by atoms with van der Waals surface area (Å²) in [6.07, 6.45) is 0.395. The van der Waals surface area contributed by atoms with Crippen molar-refractivity contribution in [2.45, 2.75) is 18.9 Å². The van der Waals surface area contributed by atoms with Gasteiger partial charge in [0.1, 0.15) is 6.79 Å². The molecule has 0 aliphatic carbocycles. The fourth-order valence-electron chi connectivity index (χ4n) is 2.83. The van der Waals surface area contributed by atoms with Crippen LogP contribution in [0.3, 0.4) is 0 Å². The number of rotatable bonds is 10. The largest absolute Gasteiger partial charge is 0.359 e. The summed E-state index contributed by atoms with van der Waals surface area (Å²) in [5.41, 5.74) is 4.09. The molecule has 0 bridgehead atoms. The molecule has 1 atom stereocenters. The molecule has 29 heavy (non-hydrogen) atoms. The smallest absolute Gasteiger partial charge is 0.253 e. The lowest BCUT2D eigenvalue weighted by Crippen LogP contribution is -2.41. The number of hydrogen-bond donors (Lipinski definition) is 2. The number of halogens is 1. The van der Waals surface area contributed by atoms with Crippen LogP contribution < -0.4 is 5.48 Å². The molecule has 0 heterocycles. The topological polar surface area (TPSA) is 88.1 Å². The van der Waals surface area contributed by atoms with Gasteiger partial charge in [-0.05, 0) is 41.8 Å². The van der Waals surface area contributed by atoms with Gasteiger partial charge in [0.15, 0.2) is 0 Å². The van der Waals surface area contributed by atoms with Crippen LogP contribution in [0, 0.1) is 0 Å². The highest BCUT2D eigenvalue weighted by molar-refractivity contribution is 6.30. The van der Waals surface area contributed by atoms with Crippen LogP contribution in [-0.4, -0.2) is 55.5 Å². The van der Waals surface area contributed by atoms with E-state index < -0.39 is 5.91 Å². The molecule has 2 amide bonds. The minimum atomic E-state index is -0.519. The van der Waals surface area contributed by atoms with Crippen molar-refractivity contribution in [2.75, 3.05) is 27.6 Å². The van der Waals surface area contributed by atoms with Gasteiger partial charge in [0.05, 0.1) is 12.6 Å². The third kappa shape index (κ3) is 6.83. The summed E-state index contributed by atoms with van der Waals surface area (Å²) < 4.78 is 10.3. The quantitative estimate of drug-likeness (QED) is 0.266. The van der Waals surface area contributed by atoms with Crippen molar-refractivity contribution in [3.63, 3.8) is 0 Å². The Hall–Kier alpha value is -2.45. The maximum Gasteiger partial charge on any atom is 0.253 e. The monoisotopic (exact) mass is 420 g/mol. The number of likely N-dealkylation sites (N-methyl/N-ethyl adjacent to an activating group) is 1. The molecule has 0 aliphatic rings. The average Bonchev–Trinajstić information content (AvgIpc) is 2.75. The van der Waals surface area contributed by atoms with Crippen LogP contribution in [0.15, 0.2) is 48.5 Å². The maximum absolute atomic E-state index is 12.9. The molecular weight excluding hydrogens is 396 g/mol. The SMILES string of the molecule is COCOC[C@H](CCC(=O)NO)N(C)C(=O)c1ccc(-c2ccc(Cl)cc2)cc1. The number of benzene rings is 2. The Labute approximate surface area is 175 Å². The second kappa shape index (κ2) is 11.5. The highest BCUT2D eigenvalue weighted by atomic mass is 35.5. The van der Waals surface area contributed by atoms with Gasteiger partial charge < -0.3 is 14.4 Å². The van der Waals surface area contributed by atoms with Crippen molar-refractivity contribution in [1.82, 2.24) is 10.4 Å². The number of hydrogen-bond acceptors (Lipinski definition) is 5. The molecule has 8 heteroatoms. The van der Waals surface area contributed by atoms with E-state index in [2.05, 4.69) is 0 Å². The first-order chi connectivity index (χ1) is 14.0. The van der Waals surface area contributed by atoms with E-state index in [1.807, 2.05) is 36.4 Å². The summed E-state index contributed by atoms with van der Waals surface area (Å²) in [4.78, 5) is 25.8. The summed E-state index contributed by atoms with van der Waals surface area (Å²) in [5.74, 6) is -0.710. The van der Waals surface area contributed by atoms with E-state index in [4.69, 9.17) is 26.3 Å². The molecule has 0 saturated heterocycles. The number of ether oxygens (including phenoxy) is 2. The number of carbonyl (C=O) groups is 2. The van der Waals surface area contributed by atoms with Crippen LogP contribution in [0.5, 0.6) is 0 Å². The lowest BCUT2D eigenvalue weighted by molar-refractivity contribution is -0.129. The van der Waals surface area contributed by atoms with Crippen LogP contribution in [0.4, 0.5) is 0 Å². The highest BCUT2D eigenvalue weighted by Gasteiger charge is 2.22. The molecule has 2 rings (SSSR count). The van der Waals surface area contributed by atoms with Crippen molar-refractivity contribution < 1.29 is 24.3 Å². The van der Waals surface area contributed by atoms with Crippen LogP contribution in [-0.2, 0) is 14.3 Å². The van der Waals surface area contributed by atoms with Gasteiger partial charge in [-0.15, -0.1) is 0 Å². The molecule has 0 saturated carbocycles. The van der Waals surface area contributed by atoms with Gasteiger partial charge in [-0.25, -0.2) is 5.48 Å². The molecule has 2 aromatic rings. The van der Waals surface area contributed by atoms with E-state index in [1.54, 1.807) is 24.7 Å². The number of nitrogens with zero attached hydrogens (tertiary/aromatic N) is 1. The molecule has 0 unspecified atom stereocenters. The molecular formula is C21H25ClN2O5. The van der Waals surface area contributed by atoms with Crippen molar-refractivity contribution in [3.8, 4) is 11.1 Å². The van der Waals surface area contributed by atoms with E-state index in [9.17, 15) is 9.59 Å². The number of hydroxylamine groups is 1. The van der Waals surface area contributed by atoms with E-state index in [1.165, 1.54) is 12.0 Å². The first kappa shape index (κ1) is 22.8. The van der Waals surface area contributed by atoms with Gasteiger partial charge in [-0.3, -0.25) is 14.8 Å². The molecule has 0 aromatic heterocycles. The molecule has 7 nitrogen and oxygen atoms in total. The lowest BCUT2D eigenvalue weighted by atomic mass is 10.0. The summed E-state index contributed by atoms with van der Waals surface area (Å²) in [7, 11) is 3.17. The second-order valence-electron chi connectivity index (χ2n) is 6.51.